The van der Waals surface area contributed by atoms with Crippen molar-refractivity contribution in [3.63, 3.8) is 0 Å². The molecule has 4 aromatic heterocycles. The number of rotatable bonds is 1. The number of aromatic nitrogens is 5. The number of nitrogen functional groups attached to an aromatic ring is 1. The highest BCUT2D eigenvalue weighted by atomic mass is 79.9. The molecule has 1 aliphatic rings. The Hall–Kier alpha value is -4.59. The first-order chi connectivity index (χ1) is 22.2. The first-order valence-electron chi connectivity index (χ1n) is 14.5. The number of carbonyl (C=O) groups excluding carboxylic acids is 4. The van der Waals surface area contributed by atoms with Gasteiger partial charge >= 0.3 is 17.9 Å². The van der Waals surface area contributed by atoms with E-state index in [1.165, 1.54) is 80.7 Å². The second-order valence-corrected chi connectivity index (χ2v) is 10.0. The van der Waals surface area contributed by atoms with Gasteiger partial charge < -0.3 is 28.9 Å². The van der Waals surface area contributed by atoms with Crippen LogP contribution in [0.4, 0.5) is 5.82 Å². The Morgan fingerprint density at radius 2 is 1.34 bits per heavy atom. The van der Waals surface area contributed by atoms with Crippen LogP contribution in [0.1, 0.15) is 59.2 Å². The van der Waals surface area contributed by atoms with Gasteiger partial charge in [0.1, 0.15) is 23.1 Å². The van der Waals surface area contributed by atoms with Gasteiger partial charge in [-0.05, 0) is 57.9 Å². The minimum atomic E-state index is -0.245. The van der Waals surface area contributed by atoms with Gasteiger partial charge in [-0.1, -0.05) is 28.1 Å². The molecule has 0 atom stereocenters. The number of anilines is 1. The molecule has 0 saturated carbocycles. The molecule has 2 N–H and O–H groups in total. The van der Waals surface area contributed by atoms with Crippen LogP contribution in [0.5, 0.6) is 0 Å². The molecule has 13 nitrogen and oxygen atoms in total. The summed E-state index contributed by atoms with van der Waals surface area (Å²) in [6.07, 6.45) is 11.6. The van der Waals surface area contributed by atoms with Gasteiger partial charge in [0.2, 0.25) is 0 Å². The number of aryl methyl sites for hydroxylation is 4. The van der Waals surface area contributed by atoms with Gasteiger partial charge in [-0.25, -0.2) is 15.0 Å². The third-order valence-corrected chi connectivity index (χ3v) is 6.04. The molecule has 0 saturated heterocycles. The van der Waals surface area contributed by atoms with Gasteiger partial charge in [-0.15, -0.1) is 0 Å². The van der Waals surface area contributed by atoms with Gasteiger partial charge in [0.15, 0.2) is 0 Å². The summed E-state index contributed by atoms with van der Waals surface area (Å²) in [6, 6.07) is 11.4. The van der Waals surface area contributed by atoms with Crippen molar-refractivity contribution >= 4 is 51.1 Å². The number of esters is 3. The second-order valence-electron chi connectivity index (χ2n) is 9.47. The lowest BCUT2D eigenvalue weighted by Gasteiger charge is -2.11. The van der Waals surface area contributed by atoms with E-state index in [2.05, 4.69) is 62.8 Å². The van der Waals surface area contributed by atoms with E-state index in [0.717, 1.165) is 17.0 Å². The predicted molar refractivity (Wildman–Crippen MR) is 188 cm³/mol. The number of nitrogens with two attached hydrogens (primary N) is 1. The third kappa shape index (κ3) is 26.3. The van der Waals surface area contributed by atoms with E-state index in [9.17, 15) is 19.2 Å². The number of ether oxygens (including phenoxy) is 3. The zero-order valence-electron chi connectivity index (χ0n) is 28.9. The molecule has 0 fully saturated rings. The first kappa shape index (κ1) is 44.5. The lowest BCUT2D eigenvalue weighted by atomic mass is 10.2. The van der Waals surface area contributed by atoms with Crippen molar-refractivity contribution in [1.82, 2.24) is 23.9 Å². The summed E-state index contributed by atoms with van der Waals surface area (Å²) in [5, 5.41) is 0.479. The zero-order valence-corrected chi connectivity index (χ0v) is 30.4. The molecule has 14 heteroatoms. The Morgan fingerprint density at radius 3 is 1.72 bits per heavy atom. The van der Waals surface area contributed by atoms with E-state index in [1.54, 1.807) is 12.3 Å². The number of alkyl halides is 1. The lowest BCUT2D eigenvalue weighted by Crippen LogP contribution is -2.08. The minimum Gasteiger partial charge on any atom is -0.469 e. The Kier molecular flexibility index (Phi) is 26.2. The number of nitrogens with zero attached hydrogens (tertiary/aromatic N) is 5. The molecule has 4 aromatic rings. The number of hydrogen-bond acceptors (Lipinski definition) is 11. The number of ketones is 1. The smallest absolute Gasteiger partial charge is 0.302 e. The van der Waals surface area contributed by atoms with Gasteiger partial charge in [-0.3, -0.25) is 19.2 Å². The van der Waals surface area contributed by atoms with Gasteiger partial charge in [-0.2, -0.15) is 0 Å². The highest BCUT2D eigenvalue weighted by Crippen LogP contribution is 2.13. The van der Waals surface area contributed by atoms with E-state index < -0.39 is 0 Å². The number of methoxy groups -OCH3 is 3. The molecule has 5 heterocycles. The van der Waals surface area contributed by atoms with Crippen LogP contribution in [0.3, 0.4) is 0 Å². The number of hydrogen-bond donors (Lipinski definition) is 1. The first-order valence-corrected chi connectivity index (χ1v) is 15.6. The fourth-order valence-corrected chi connectivity index (χ4v) is 2.99. The highest BCUT2D eigenvalue weighted by molar-refractivity contribution is 9.09. The average Bonchev–Trinajstić information content (AvgIpc) is 3.63. The molecule has 1 aliphatic heterocycles. The molecule has 0 radical (unpaired) electrons. The summed E-state index contributed by atoms with van der Waals surface area (Å²) in [5.74, 6) is 1.29. The van der Waals surface area contributed by atoms with Gasteiger partial charge in [0.25, 0.3) is 0 Å². The van der Waals surface area contributed by atoms with E-state index in [4.69, 9.17) is 5.73 Å². The Labute approximate surface area is 287 Å². The van der Waals surface area contributed by atoms with Gasteiger partial charge in [0.05, 0.1) is 38.0 Å². The van der Waals surface area contributed by atoms with Crippen LogP contribution < -0.4 is 5.73 Å². The van der Waals surface area contributed by atoms with Crippen LogP contribution in [-0.2, 0) is 46.4 Å². The third-order valence-electron chi connectivity index (χ3n) is 5.25. The van der Waals surface area contributed by atoms with E-state index in [0.29, 0.717) is 11.1 Å². The number of pyridine rings is 2. The van der Waals surface area contributed by atoms with Crippen LogP contribution in [0.15, 0.2) is 61.2 Å². The largest absolute Gasteiger partial charge is 0.469 e. The molecular weight excluding hydrogens is 672 g/mol. The van der Waals surface area contributed by atoms with Crippen LogP contribution in [0, 0.1) is 13.8 Å². The van der Waals surface area contributed by atoms with Gasteiger partial charge in [0, 0.05) is 60.0 Å². The fraction of sp³-hybridized carbons (Fsp3) is 0.424. The molecule has 5 rings (SSSR count). The second kappa shape index (κ2) is 27.7. The molecular formula is C33H51BrN6O7. The van der Waals surface area contributed by atoms with E-state index >= 15 is 0 Å². The maximum atomic E-state index is 9.77. The summed E-state index contributed by atoms with van der Waals surface area (Å²) >= 11 is 2.96. The summed E-state index contributed by atoms with van der Waals surface area (Å²) in [5.41, 5.74) is 8.49. The molecule has 262 valence electrons. The molecule has 0 aromatic carbocycles. The van der Waals surface area contributed by atoms with Crippen LogP contribution in [0.2, 0.25) is 0 Å². The average molecular weight is 724 g/mol. The number of carbonyl (C=O) groups is 4. The number of halogens is 1. The fourth-order valence-electron chi connectivity index (χ4n) is 2.99. The summed E-state index contributed by atoms with van der Waals surface area (Å²) in [7, 11) is 4.05. The number of fused-ring (bicyclic) bond motifs is 2. The van der Waals surface area contributed by atoms with Crippen molar-refractivity contribution < 1.29 is 34.8 Å². The SMILES string of the molecule is CC(=O)CBr.COC(C)=O.COC(C)=O.COC(C)=O.Cc1cn2c(n1)CCCC2.Cc1cn2ccccc2n1.Nc1ccccn1.[HH]. The van der Waals surface area contributed by atoms with Crippen molar-refractivity contribution in [3.8, 4) is 0 Å². The van der Waals surface area contributed by atoms with Crippen molar-refractivity contribution in [2.24, 2.45) is 0 Å². The van der Waals surface area contributed by atoms with Crippen LogP contribution >= 0.6 is 15.9 Å². The van der Waals surface area contributed by atoms with Crippen molar-refractivity contribution in [2.75, 3.05) is 32.4 Å². The van der Waals surface area contributed by atoms with Crippen molar-refractivity contribution in [2.45, 2.75) is 67.3 Å². The summed E-state index contributed by atoms with van der Waals surface area (Å²) in [6.45, 7) is 10.9. The standard InChI is InChI=1S/C8H12N2.C8H8N2.C5H6N2.C3H5BrO.3C3H6O2.H2/c2*1-7-6-10-5-3-2-4-8(10)9-7;6-5-3-1-2-4-7-5;1-3(5)2-4;3*1-3(4)5-2;/h6H,2-5H2,1H3;2-6H,1H3;1-4H,(H2,6,7);2H2,1H3;3*1-2H3;1H. The number of imidazole rings is 2. The maximum Gasteiger partial charge on any atom is 0.302 e. The monoisotopic (exact) mass is 722 g/mol. The Balaban J connectivity index is -0.000000505. The zero-order chi connectivity index (χ0) is 36.2. The quantitative estimate of drug-likeness (QED) is 0.148. The van der Waals surface area contributed by atoms with Crippen LogP contribution in [-0.4, -0.2) is 74.3 Å². The van der Waals surface area contributed by atoms with Crippen molar-refractivity contribution in [3.05, 3.63) is 78.4 Å². The normalized spacial score (nSPS) is 10.1. The Morgan fingerprint density at radius 1 is 0.830 bits per heavy atom. The molecule has 0 amide bonds. The van der Waals surface area contributed by atoms with E-state index in [1.807, 2.05) is 54.0 Å². The molecule has 47 heavy (non-hydrogen) atoms. The summed E-state index contributed by atoms with van der Waals surface area (Å²) in [4.78, 5) is 51.0. The molecule has 0 unspecified atom stereocenters. The van der Waals surface area contributed by atoms with E-state index in [-0.39, 0.29) is 25.1 Å². The molecule has 0 bridgehead atoms. The molecule has 0 aliphatic carbocycles. The number of Topliss-reactive ketones (excluding diaryl/α,β-unsaturated/α-hetero) is 1. The topological polar surface area (TPSA) is 170 Å². The highest BCUT2D eigenvalue weighted by Gasteiger charge is 2.09. The lowest BCUT2D eigenvalue weighted by molar-refractivity contribution is -0.138. The Bertz CT molecular complexity index is 1340. The minimum absolute atomic E-state index is 0. The van der Waals surface area contributed by atoms with Crippen molar-refractivity contribution in [1.29, 1.82) is 0 Å². The predicted octanol–water partition coefficient (Wildman–Crippen LogP) is 5.59. The summed E-state index contributed by atoms with van der Waals surface area (Å²) < 4.78 is 16.6. The van der Waals surface area contributed by atoms with Crippen LogP contribution in [0.25, 0.3) is 5.65 Å². The molecule has 0 spiro atoms. The maximum absolute atomic E-state index is 9.77.